The van der Waals surface area contributed by atoms with Crippen LogP contribution < -0.4 is 4.90 Å². The van der Waals surface area contributed by atoms with Gasteiger partial charge in [0.1, 0.15) is 0 Å². The van der Waals surface area contributed by atoms with E-state index in [1.165, 1.54) is 11.3 Å². The van der Waals surface area contributed by atoms with E-state index in [4.69, 9.17) is 0 Å². The van der Waals surface area contributed by atoms with E-state index in [1.54, 1.807) is 11.1 Å². The van der Waals surface area contributed by atoms with Gasteiger partial charge in [-0.25, -0.2) is 4.98 Å². The van der Waals surface area contributed by atoms with Crippen LogP contribution in [-0.4, -0.2) is 27.2 Å². The van der Waals surface area contributed by atoms with Crippen LogP contribution in [0.2, 0.25) is 0 Å². The molecule has 0 aliphatic carbocycles. The van der Waals surface area contributed by atoms with Crippen LogP contribution in [0.5, 0.6) is 0 Å². The Hall–Kier alpha value is -1.69. The van der Waals surface area contributed by atoms with Crippen LogP contribution in [0.4, 0.5) is 5.13 Å². The van der Waals surface area contributed by atoms with Crippen molar-refractivity contribution in [1.29, 1.82) is 0 Å². The van der Waals surface area contributed by atoms with Crippen LogP contribution >= 0.6 is 11.3 Å². The Balaban J connectivity index is 2.33. The van der Waals surface area contributed by atoms with Gasteiger partial charge in [0.2, 0.25) is 0 Å². The van der Waals surface area contributed by atoms with E-state index >= 15 is 0 Å². The molecule has 2 heterocycles. The van der Waals surface area contributed by atoms with Gasteiger partial charge in [0.05, 0.1) is 11.3 Å². The first kappa shape index (κ1) is 13.7. The Kier molecular flexibility index (Phi) is 3.99. The zero-order valence-corrected chi connectivity index (χ0v) is 12.4. The summed E-state index contributed by atoms with van der Waals surface area (Å²) in [6.45, 7) is 8.49. The molecule has 0 bridgehead atoms. The summed E-state index contributed by atoms with van der Waals surface area (Å²) in [5.74, 6) is -0.0400. The van der Waals surface area contributed by atoms with E-state index in [1.807, 2.05) is 44.0 Å². The number of hydrogen-bond donors (Lipinski definition) is 0. The zero-order valence-electron chi connectivity index (χ0n) is 11.6. The van der Waals surface area contributed by atoms with E-state index in [-0.39, 0.29) is 11.9 Å². The number of nitrogens with zero attached hydrogens (tertiary/aromatic N) is 4. The summed E-state index contributed by atoms with van der Waals surface area (Å²) in [4.78, 5) is 18.5. The second-order valence-electron chi connectivity index (χ2n) is 4.57. The summed E-state index contributed by atoms with van der Waals surface area (Å²) >= 11 is 1.46. The van der Waals surface area contributed by atoms with E-state index < -0.39 is 0 Å². The topological polar surface area (TPSA) is 51.0 Å². The molecule has 5 nitrogen and oxygen atoms in total. The van der Waals surface area contributed by atoms with Crippen LogP contribution in [0.15, 0.2) is 17.8 Å². The van der Waals surface area contributed by atoms with E-state index in [2.05, 4.69) is 10.1 Å². The van der Waals surface area contributed by atoms with Crippen LogP contribution in [0, 0.1) is 6.92 Å². The van der Waals surface area contributed by atoms with Gasteiger partial charge in [-0.2, -0.15) is 5.10 Å². The van der Waals surface area contributed by atoms with E-state index in [0.29, 0.717) is 12.1 Å². The van der Waals surface area contributed by atoms with Gasteiger partial charge in [-0.1, -0.05) is 0 Å². The quantitative estimate of drug-likeness (QED) is 0.864. The van der Waals surface area contributed by atoms with E-state index in [9.17, 15) is 4.79 Å². The average Bonchev–Trinajstić information content (AvgIpc) is 2.99. The third-order valence-electron chi connectivity index (χ3n) is 2.89. The number of carbonyl (C=O) groups excluding carboxylic acids is 1. The number of anilines is 1. The molecule has 0 unspecified atom stereocenters. The molecule has 0 fully saturated rings. The fraction of sp³-hybridized carbons (Fsp3) is 0.462. The molecule has 0 spiro atoms. The Bertz CT molecular complexity index is 559. The average molecular weight is 278 g/mol. The third kappa shape index (κ3) is 2.68. The number of aromatic nitrogens is 3. The van der Waals surface area contributed by atoms with Gasteiger partial charge >= 0.3 is 0 Å². The second kappa shape index (κ2) is 5.52. The molecule has 0 aliphatic heterocycles. The van der Waals surface area contributed by atoms with Crippen LogP contribution in [0.25, 0.3) is 0 Å². The maximum Gasteiger partial charge on any atom is 0.263 e. The van der Waals surface area contributed by atoms with Gasteiger partial charge < -0.3 is 0 Å². The summed E-state index contributed by atoms with van der Waals surface area (Å²) < 4.78 is 1.82. The van der Waals surface area contributed by atoms with Crippen molar-refractivity contribution in [3.8, 4) is 0 Å². The Morgan fingerprint density at radius 2 is 2.26 bits per heavy atom. The second-order valence-corrected chi connectivity index (χ2v) is 5.44. The van der Waals surface area contributed by atoms with Crippen LogP contribution in [0.3, 0.4) is 0 Å². The maximum absolute atomic E-state index is 12.6. The van der Waals surface area contributed by atoms with Gasteiger partial charge in [-0.3, -0.25) is 14.4 Å². The third-order valence-corrected chi connectivity index (χ3v) is 3.68. The normalized spacial score (nSPS) is 11.0. The molecule has 0 saturated carbocycles. The summed E-state index contributed by atoms with van der Waals surface area (Å²) in [5.41, 5.74) is 1.40. The molecule has 0 saturated heterocycles. The molecule has 0 aromatic carbocycles. The number of thiazole rings is 1. The van der Waals surface area contributed by atoms with Crippen LogP contribution in [0.1, 0.15) is 42.9 Å². The monoisotopic (exact) mass is 278 g/mol. The van der Waals surface area contributed by atoms with Crippen molar-refractivity contribution in [2.24, 2.45) is 0 Å². The molecule has 0 aliphatic rings. The predicted molar refractivity (Wildman–Crippen MR) is 76.8 cm³/mol. The first-order valence-corrected chi connectivity index (χ1v) is 7.19. The molecule has 2 aromatic heterocycles. The summed E-state index contributed by atoms with van der Waals surface area (Å²) in [6, 6.07) is 0.246. The Morgan fingerprint density at radius 3 is 2.74 bits per heavy atom. The molecule has 0 N–H and O–H groups in total. The minimum atomic E-state index is -0.0400. The molecule has 2 aromatic rings. The van der Waals surface area contributed by atoms with E-state index in [0.717, 1.165) is 10.8 Å². The highest BCUT2D eigenvalue weighted by Gasteiger charge is 2.22. The summed E-state index contributed by atoms with van der Waals surface area (Å²) in [6.07, 6.45) is 3.53. The van der Waals surface area contributed by atoms with Crippen molar-refractivity contribution in [2.45, 2.75) is 33.7 Å². The molecule has 1 amide bonds. The molecular formula is C13H18N4OS. The highest BCUT2D eigenvalue weighted by molar-refractivity contribution is 7.13. The minimum Gasteiger partial charge on any atom is -0.284 e. The van der Waals surface area contributed by atoms with Crippen molar-refractivity contribution in [3.63, 3.8) is 0 Å². The first-order valence-electron chi connectivity index (χ1n) is 6.31. The SMILES string of the molecule is CCN(C(=O)c1cn(C(C)C)nc1C)c1nccs1. The fourth-order valence-corrected chi connectivity index (χ4v) is 2.52. The Labute approximate surface area is 116 Å². The lowest BCUT2D eigenvalue weighted by Crippen LogP contribution is -2.30. The highest BCUT2D eigenvalue weighted by Crippen LogP contribution is 2.21. The van der Waals surface area contributed by atoms with Crippen molar-refractivity contribution in [1.82, 2.24) is 14.8 Å². The Morgan fingerprint density at radius 1 is 1.53 bits per heavy atom. The number of hydrogen-bond acceptors (Lipinski definition) is 4. The van der Waals surface area contributed by atoms with Gasteiger partial charge in [0.25, 0.3) is 5.91 Å². The number of rotatable bonds is 4. The lowest BCUT2D eigenvalue weighted by Gasteiger charge is -2.16. The van der Waals surface area contributed by atoms with Crippen molar-refractivity contribution in [3.05, 3.63) is 29.0 Å². The fourth-order valence-electron chi connectivity index (χ4n) is 1.82. The standard InChI is InChI=1S/C13H18N4OS/c1-5-16(13-14-6-7-19-13)12(18)11-8-17(9(2)3)15-10(11)4/h6-9H,5H2,1-4H3. The van der Waals surface area contributed by atoms with Crippen molar-refractivity contribution < 1.29 is 4.79 Å². The lowest BCUT2D eigenvalue weighted by molar-refractivity contribution is 0.0987. The van der Waals surface area contributed by atoms with Gasteiger partial charge in [-0.05, 0) is 27.7 Å². The first-order chi connectivity index (χ1) is 9.04. The molecule has 6 heteroatoms. The van der Waals surface area contributed by atoms with Gasteiger partial charge in [-0.15, -0.1) is 11.3 Å². The maximum atomic E-state index is 12.6. The molecule has 0 radical (unpaired) electrons. The minimum absolute atomic E-state index is 0.0400. The molecule has 0 atom stereocenters. The van der Waals surface area contributed by atoms with Gasteiger partial charge in [0.15, 0.2) is 5.13 Å². The van der Waals surface area contributed by atoms with Gasteiger partial charge in [0, 0.05) is 30.4 Å². The number of aryl methyl sites for hydroxylation is 1. The molecule has 2 rings (SSSR count). The number of amides is 1. The summed E-state index contributed by atoms with van der Waals surface area (Å²) in [5, 5.41) is 6.98. The van der Waals surface area contributed by atoms with Crippen LogP contribution in [-0.2, 0) is 0 Å². The summed E-state index contributed by atoms with van der Waals surface area (Å²) in [7, 11) is 0. The largest absolute Gasteiger partial charge is 0.284 e. The van der Waals surface area contributed by atoms with Crippen molar-refractivity contribution >= 4 is 22.4 Å². The highest BCUT2D eigenvalue weighted by atomic mass is 32.1. The molecule has 19 heavy (non-hydrogen) atoms. The smallest absolute Gasteiger partial charge is 0.263 e. The zero-order chi connectivity index (χ0) is 14.0. The number of carbonyl (C=O) groups is 1. The lowest BCUT2D eigenvalue weighted by atomic mass is 10.2. The molecular weight excluding hydrogens is 260 g/mol. The van der Waals surface area contributed by atoms with Crippen molar-refractivity contribution in [2.75, 3.05) is 11.4 Å². The molecule has 102 valence electrons. The predicted octanol–water partition coefficient (Wildman–Crippen LogP) is 2.90.